The van der Waals surface area contributed by atoms with E-state index in [9.17, 15) is 13.2 Å². The fraction of sp³-hybridized carbons (Fsp3) is 0.286. The predicted molar refractivity (Wildman–Crippen MR) is 47.8 cm³/mol. The molecule has 0 amide bonds. The van der Waals surface area contributed by atoms with Crippen LogP contribution in [-0.4, -0.2) is 18.5 Å². The molecular weight excluding hydrogens is 249 g/mol. The molecular formula is C7H9F3N2O3S. The average Bonchev–Trinajstić information content (AvgIpc) is 2.08. The number of hydrogen-bond acceptors (Lipinski definition) is 4. The SMILES string of the molecule is C[n+]1ccc(N)cc1.O=S(=O)([O-])C(F)(F)F. The molecule has 0 fully saturated rings. The Kier molecular flexibility index (Phi) is 4.69. The van der Waals surface area contributed by atoms with Crippen LogP contribution in [-0.2, 0) is 17.2 Å². The lowest BCUT2D eigenvalue weighted by Crippen LogP contribution is -2.25. The lowest BCUT2D eigenvalue weighted by Gasteiger charge is -2.08. The van der Waals surface area contributed by atoms with Gasteiger partial charge >= 0.3 is 5.51 Å². The normalized spacial score (nSPS) is 11.6. The van der Waals surface area contributed by atoms with Crippen molar-refractivity contribution in [3.63, 3.8) is 0 Å². The van der Waals surface area contributed by atoms with E-state index in [1.54, 1.807) is 0 Å². The first kappa shape index (κ1) is 14.6. The summed E-state index contributed by atoms with van der Waals surface area (Å²) >= 11 is 0. The number of anilines is 1. The van der Waals surface area contributed by atoms with Crippen LogP contribution in [0.15, 0.2) is 24.5 Å². The van der Waals surface area contributed by atoms with E-state index in [0.29, 0.717) is 0 Å². The van der Waals surface area contributed by atoms with Crippen molar-refractivity contribution in [1.29, 1.82) is 0 Å². The summed E-state index contributed by atoms with van der Waals surface area (Å²) in [5.41, 5.74) is 0.576. The van der Waals surface area contributed by atoms with Gasteiger partial charge in [-0.2, -0.15) is 13.2 Å². The van der Waals surface area contributed by atoms with Gasteiger partial charge in [-0.05, 0) is 0 Å². The number of nitrogens with zero attached hydrogens (tertiary/aromatic N) is 1. The number of hydrogen-bond donors (Lipinski definition) is 1. The molecule has 0 saturated carbocycles. The van der Waals surface area contributed by atoms with E-state index < -0.39 is 15.6 Å². The van der Waals surface area contributed by atoms with Crippen molar-refractivity contribution in [3.8, 4) is 0 Å². The molecule has 0 atom stereocenters. The second kappa shape index (κ2) is 5.12. The van der Waals surface area contributed by atoms with Crippen molar-refractivity contribution >= 4 is 15.8 Å². The fourth-order valence-corrected chi connectivity index (χ4v) is 0.513. The molecule has 0 unspecified atom stereocenters. The van der Waals surface area contributed by atoms with Crippen molar-refractivity contribution in [2.24, 2.45) is 7.05 Å². The summed E-state index contributed by atoms with van der Waals surface area (Å²) in [4.78, 5) is 0. The third kappa shape index (κ3) is 5.51. The van der Waals surface area contributed by atoms with E-state index in [0.717, 1.165) is 5.69 Å². The van der Waals surface area contributed by atoms with E-state index in [1.807, 2.05) is 36.1 Å². The van der Waals surface area contributed by atoms with Crippen molar-refractivity contribution in [2.75, 3.05) is 5.73 Å². The standard InChI is InChI=1S/C6H8N2.CHF3O3S/c1-8-4-2-6(7)3-5-8;2-1(3,4)8(5,6)7/h2-5,7H,1H3;(H,5,6,7). The van der Waals surface area contributed by atoms with E-state index in [4.69, 9.17) is 18.7 Å². The lowest BCUT2D eigenvalue weighted by atomic mass is 10.4. The Balaban J connectivity index is 0.000000281. The second-order valence-corrected chi connectivity index (χ2v) is 4.07. The number of rotatable bonds is 0. The minimum Gasteiger partial charge on any atom is -0.741 e. The van der Waals surface area contributed by atoms with Crippen molar-refractivity contribution in [2.45, 2.75) is 5.51 Å². The Bertz CT molecular complexity index is 406. The number of aryl methyl sites for hydroxylation is 1. The number of halogens is 3. The zero-order valence-electron chi connectivity index (χ0n) is 8.10. The minimum atomic E-state index is -6.09. The smallest absolute Gasteiger partial charge is 0.485 e. The maximum atomic E-state index is 10.7. The third-order valence-electron chi connectivity index (χ3n) is 1.29. The first-order valence-electron chi connectivity index (χ1n) is 3.77. The van der Waals surface area contributed by atoms with Crippen LogP contribution in [0.4, 0.5) is 18.9 Å². The Morgan fingerprint density at radius 1 is 1.31 bits per heavy atom. The van der Waals surface area contributed by atoms with E-state index in [-0.39, 0.29) is 0 Å². The lowest BCUT2D eigenvalue weighted by molar-refractivity contribution is -0.671. The summed E-state index contributed by atoms with van der Waals surface area (Å²) in [6, 6.07) is 3.72. The highest BCUT2D eigenvalue weighted by Crippen LogP contribution is 2.20. The van der Waals surface area contributed by atoms with Crippen LogP contribution < -0.4 is 10.3 Å². The van der Waals surface area contributed by atoms with Gasteiger partial charge < -0.3 is 10.3 Å². The summed E-state index contributed by atoms with van der Waals surface area (Å²) in [6.07, 6.45) is 3.82. The molecule has 0 saturated heterocycles. The highest BCUT2D eigenvalue weighted by atomic mass is 32.2. The molecule has 1 aromatic heterocycles. The van der Waals surface area contributed by atoms with Gasteiger partial charge in [-0.25, -0.2) is 13.0 Å². The van der Waals surface area contributed by atoms with Gasteiger partial charge in [0.05, 0.1) is 0 Å². The van der Waals surface area contributed by atoms with Crippen LogP contribution in [0.25, 0.3) is 0 Å². The van der Waals surface area contributed by atoms with Gasteiger partial charge in [0.2, 0.25) is 0 Å². The van der Waals surface area contributed by atoms with Gasteiger partial charge in [0, 0.05) is 17.8 Å². The maximum Gasteiger partial charge on any atom is 0.485 e. The van der Waals surface area contributed by atoms with Crippen LogP contribution in [0.3, 0.4) is 0 Å². The first-order valence-corrected chi connectivity index (χ1v) is 5.18. The van der Waals surface area contributed by atoms with Gasteiger partial charge in [-0.1, -0.05) is 0 Å². The number of pyridine rings is 1. The molecule has 5 nitrogen and oxygen atoms in total. The van der Waals surface area contributed by atoms with Gasteiger partial charge in [0.15, 0.2) is 22.5 Å². The second-order valence-electron chi connectivity index (χ2n) is 2.70. The fourth-order valence-electron chi connectivity index (χ4n) is 0.513. The minimum absolute atomic E-state index is 0.808. The first-order chi connectivity index (χ1) is 7.04. The van der Waals surface area contributed by atoms with Crippen LogP contribution >= 0.6 is 0 Å². The number of aromatic nitrogens is 1. The van der Waals surface area contributed by atoms with Gasteiger partial charge in [0.1, 0.15) is 7.05 Å². The third-order valence-corrected chi connectivity index (χ3v) is 1.85. The summed E-state index contributed by atoms with van der Waals surface area (Å²) in [5, 5.41) is 0. The van der Waals surface area contributed by atoms with Crippen molar-refractivity contribution in [3.05, 3.63) is 24.5 Å². The van der Waals surface area contributed by atoms with E-state index >= 15 is 0 Å². The highest BCUT2D eigenvalue weighted by molar-refractivity contribution is 7.86. The Morgan fingerprint density at radius 3 is 1.81 bits per heavy atom. The molecule has 0 aliphatic heterocycles. The van der Waals surface area contributed by atoms with Crippen LogP contribution in [0.1, 0.15) is 0 Å². The Labute approximate surface area is 90.1 Å². The molecule has 16 heavy (non-hydrogen) atoms. The van der Waals surface area contributed by atoms with Crippen LogP contribution in [0.2, 0.25) is 0 Å². The van der Waals surface area contributed by atoms with E-state index in [1.165, 1.54) is 0 Å². The highest BCUT2D eigenvalue weighted by Gasteiger charge is 2.36. The van der Waals surface area contributed by atoms with Gasteiger partial charge in [0.25, 0.3) is 0 Å². The molecule has 1 aromatic rings. The molecule has 0 spiro atoms. The van der Waals surface area contributed by atoms with Crippen LogP contribution in [0, 0.1) is 0 Å². The number of nitrogen functional groups attached to an aromatic ring is 1. The number of alkyl halides is 3. The average molecular weight is 258 g/mol. The van der Waals surface area contributed by atoms with Crippen molar-refractivity contribution < 1.29 is 30.7 Å². The molecule has 0 radical (unpaired) electrons. The monoisotopic (exact) mass is 258 g/mol. The molecule has 92 valence electrons. The topological polar surface area (TPSA) is 87.1 Å². The quantitative estimate of drug-likeness (QED) is 0.407. The molecule has 0 bridgehead atoms. The molecule has 0 aliphatic rings. The Hall–Kier alpha value is -1.35. The van der Waals surface area contributed by atoms with E-state index in [2.05, 4.69) is 0 Å². The summed E-state index contributed by atoms with van der Waals surface area (Å²) in [5.74, 6) is 0. The van der Waals surface area contributed by atoms with Gasteiger partial charge in [-0.15, -0.1) is 0 Å². The van der Waals surface area contributed by atoms with Crippen molar-refractivity contribution in [1.82, 2.24) is 0 Å². The maximum absolute atomic E-state index is 10.7. The largest absolute Gasteiger partial charge is 0.741 e. The van der Waals surface area contributed by atoms with Gasteiger partial charge in [-0.3, -0.25) is 0 Å². The van der Waals surface area contributed by atoms with Crippen LogP contribution in [0.5, 0.6) is 0 Å². The molecule has 1 rings (SSSR count). The predicted octanol–water partition coefficient (Wildman–Crippen LogP) is 0.145. The zero-order chi connectivity index (χ0) is 13.0. The molecule has 0 aliphatic carbocycles. The zero-order valence-corrected chi connectivity index (χ0v) is 8.92. The summed E-state index contributed by atoms with van der Waals surface area (Å²) in [6.45, 7) is 0. The molecule has 0 aromatic carbocycles. The Morgan fingerprint density at radius 2 is 1.62 bits per heavy atom. The number of nitrogens with two attached hydrogens (primary N) is 1. The summed E-state index contributed by atoms with van der Waals surface area (Å²) in [7, 11) is -4.13. The molecule has 2 N–H and O–H groups in total. The molecule has 1 heterocycles. The molecule has 9 heteroatoms. The summed E-state index contributed by atoms with van der Waals surface area (Å²) < 4.78 is 60.8.